The first-order valence-corrected chi connectivity index (χ1v) is 9.02. The van der Waals surface area contributed by atoms with E-state index in [1.54, 1.807) is 6.33 Å². The molecule has 0 bridgehead atoms. The van der Waals surface area contributed by atoms with Crippen molar-refractivity contribution in [1.29, 1.82) is 0 Å². The first kappa shape index (κ1) is 17.6. The molecule has 1 aliphatic heterocycles. The quantitative estimate of drug-likeness (QED) is 0.692. The van der Waals surface area contributed by atoms with Crippen molar-refractivity contribution in [2.24, 2.45) is 0 Å². The molecule has 2 aromatic heterocycles. The molecule has 1 aromatic carbocycles. The lowest BCUT2D eigenvalue weighted by molar-refractivity contribution is -0.0946. The van der Waals surface area contributed by atoms with Crippen LogP contribution in [0.4, 0.5) is 5.82 Å². The van der Waals surface area contributed by atoms with Gasteiger partial charge in [-0.25, -0.2) is 9.97 Å². The molecule has 0 radical (unpaired) electrons. The van der Waals surface area contributed by atoms with Gasteiger partial charge in [0.25, 0.3) is 0 Å². The smallest absolute Gasteiger partial charge is 0.132 e. The van der Waals surface area contributed by atoms with Crippen LogP contribution in [-0.2, 0) is 16.0 Å². The van der Waals surface area contributed by atoms with Gasteiger partial charge in [0.15, 0.2) is 0 Å². The van der Waals surface area contributed by atoms with Gasteiger partial charge in [-0.05, 0) is 12.1 Å². The molecule has 0 saturated carbocycles. The minimum Gasteiger partial charge on any atom is -0.376 e. The number of rotatable bonds is 5. The van der Waals surface area contributed by atoms with Gasteiger partial charge in [-0.2, -0.15) is 5.10 Å². The Bertz CT molecular complexity index is 903. The molecule has 0 aliphatic carbocycles. The van der Waals surface area contributed by atoms with E-state index in [0.29, 0.717) is 26.4 Å². The summed E-state index contributed by atoms with van der Waals surface area (Å²) >= 11 is 0. The summed E-state index contributed by atoms with van der Waals surface area (Å²) in [5.41, 5.74) is 3.91. The largest absolute Gasteiger partial charge is 0.376 e. The third-order valence-corrected chi connectivity index (χ3v) is 4.48. The molecule has 0 N–H and O–H groups in total. The Hall–Kier alpha value is -2.77. The molecule has 0 spiro atoms. The lowest BCUT2D eigenvalue weighted by Gasteiger charge is -2.22. The summed E-state index contributed by atoms with van der Waals surface area (Å²) in [6.45, 7) is 2.63. The fraction of sp³-hybridized carbons (Fsp3) is 0.350. The second-order valence-corrected chi connectivity index (χ2v) is 6.73. The minimum atomic E-state index is 0.0586. The number of hydrogen-bond donors (Lipinski definition) is 0. The Balaban J connectivity index is 1.55. The van der Waals surface area contributed by atoms with Crippen LogP contribution in [0.5, 0.6) is 0 Å². The third-order valence-electron chi connectivity index (χ3n) is 4.48. The van der Waals surface area contributed by atoms with Gasteiger partial charge >= 0.3 is 0 Å². The number of benzene rings is 1. The van der Waals surface area contributed by atoms with Crippen molar-refractivity contribution in [1.82, 2.24) is 19.7 Å². The SMILES string of the molecule is CN(C)c1cc(-c2cccc(-c3ccn(C[C@H]4COCCO4)n3)c2)ncn1. The average Bonchev–Trinajstić information content (AvgIpc) is 3.17. The molecule has 140 valence electrons. The van der Waals surface area contributed by atoms with Crippen LogP contribution < -0.4 is 4.90 Å². The Morgan fingerprint density at radius 3 is 2.70 bits per heavy atom. The highest BCUT2D eigenvalue weighted by Gasteiger charge is 2.15. The van der Waals surface area contributed by atoms with E-state index in [0.717, 1.165) is 28.3 Å². The Morgan fingerprint density at radius 1 is 1.07 bits per heavy atom. The second kappa shape index (κ2) is 7.85. The zero-order valence-corrected chi connectivity index (χ0v) is 15.6. The van der Waals surface area contributed by atoms with Crippen molar-refractivity contribution in [2.45, 2.75) is 12.6 Å². The fourth-order valence-corrected chi connectivity index (χ4v) is 3.06. The molecule has 3 heterocycles. The molecule has 1 atom stereocenters. The van der Waals surface area contributed by atoms with Crippen LogP contribution in [0.1, 0.15) is 0 Å². The number of anilines is 1. The predicted molar refractivity (Wildman–Crippen MR) is 104 cm³/mol. The topological polar surface area (TPSA) is 65.3 Å². The van der Waals surface area contributed by atoms with E-state index in [2.05, 4.69) is 28.2 Å². The first-order chi connectivity index (χ1) is 13.2. The van der Waals surface area contributed by atoms with Crippen molar-refractivity contribution < 1.29 is 9.47 Å². The molecule has 27 heavy (non-hydrogen) atoms. The van der Waals surface area contributed by atoms with Gasteiger partial charge in [0.1, 0.15) is 18.2 Å². The van der Waals surface area contributed by atoms with Crippen LogP contribution in [0.25, 0.3) is 22.5 Å². The predicted octanol–water partition coefficient (Wildman–Crippen LogP) is 2.49. The zero-order valence-electron chi connectivity index (χ0n) is 15.6. The molecule has 0 unspecified atom stereocenters. The van der Waals surface area contributed by atoms with Crippen molar-refractivity contribution in [2.75, 3.05) is 38.8 Å². The molecule has 1 aliphatic rings. The van der Waals surface area contributed by atoms with Crippen LogP contribution >= 0.6 is 0 Å². The van der Waals surface area contributed by atoms with E-state index in [1.807, 2.05) is 48.1 Å². The van der Waals surface area contributed by atoms with Gasteiger partial charge in [-0.3, -0.25) is 4.68 Å². The highest BCUT2D eigenvalue weighted by molar-refractivity contribution is 5.70. The molecule has 3 aromatic rings. The lowest BCUT2D eigenvalue weighted by Crippen LogP contribution is -2.32. The summed E-state index contributed by atoms with van der Waals surface area (Å²) < 4.78 is 13.1. The normalized spacial score (nSPS) is 17.0. The average molecular weight is 365 g/mol. The molecule has 7 nitrogen and oxygen atoms in total. The van der Waals surface area contributed by atoms with E-state index in [1.165, 1.54) is 0 Å². The summed E-state index contributed by atoms with van der Waals surface area (Å²) in [4.78, 5) is 10.7. The van der Waals surface area contributed by atoms with E-state index in [4.69, 9.17) is 14.6 Å². The number of nitrogens with zero attached hydrogens (tertiary/aromatic N) is 5. The fourth-order valence-electron chi connectivity index (χ4n) is 3.06. The summed E-state index contributed by atoms with van der Waals surface area (Å²) in [6.07, 6.45) is 3.64. The first-order valence-electron chi connectivity index (χ1n) is 9.02. The van der Waals surface area contributed by atoms with Gasteiger partial charge < -0.3 is 14.4 Å². The monoisotopic (exact) mass is 365 g/mol. The third kappa shape index (κ3) is 4.15. The van der Waals surface area contributed by atoms with Crippen molar-refractivity contribution in [3.8, 4) is 22.5 Å². The molecule has 1 saturated heterocycles. The number of hydrogen-bond acceptors (Lipinski definition) is 6. The highest BCUT2D eigenvalue weighted by atomic mass is 16.6. The molecule has 1 fully saturated rings. The standard InChI is InChI=1S/C20H23N5O2/c1-24(2)20-11-19(21-14-22-20)16-5-3-4-15(10-16)18-6-7-25(23-18)12-17-13-26-8-9-27-17/h3-7,10-11,14,17H,8-9,12-13H2,1-2H3/t17-/m0/s1. The Kier molecular flexibility index (Phi) is 5.13. The van der Waals surface area contributed by atoms with Gasteiger partial charge in [0, 0.05) is 37.5 Å². The van der Waals surface area contributed by atoms with Crippen LogP contribution in [0, 0.1) is 0 Å². The van der Waals surface area contributed by atoms with Crippen molar-refractivity contribution in [3.05, 3.63) is 48.9 Å². The van der Waals surface area contributed by atoms with Crippen molar-refractivity contribution >= 4 is 5.82 Å². The number of ether oxygens (including phenoxy) is 2. The summed E-state index contributed by atoms with van der Waals surface area (Å²) in [5.74, 6) is 0.879. The summed E-state index contributed by atoms with van der Waals surface area (Å²) in [6, 6.07) is 12.2. The maximum absolute atomic E-state index is 5.70. The molecule has 0 amide bonds. The van der Waals surface area contributed by atoms with Gasteiger partial charge in [-0.15, -0.1) is 0 Å². The van der Waals surface area contributed by atoms with Crippen LogP contribution in [-0.4, -0.2) is 59.8 Å². The van der Waals surface area contributed by atoms with Gasteiger partial charge in [0.2, 0.25) is 0 Å². The second-order valence-electron chi connectivity index (χ2n) is 6.73. The van der Waals surface area contributed by atoms with Crippen LogP contribution in [0.3, 0.4) is 0 Å². The molecular formula is C20H23N5O2. The number of aromatic nitrogens is 4. The van der Waals surface area contributed by atoms with Crippen LogP contribution in [0.2, 0.25) is 0 Å². The molecular weight excluding hydrogens is 342 g/mol. The maximum atomic E-state index is 5.70. The molecule has 7 heteroatoms. The lowest BCUT2D eigenvalue weighted by atomic mass is 10.1. The Morgan fingerprint density at radius 2 is 1.93 bits per heavy atom. The van der Waals surface area contributed by atoms with E-state index in [9.17, 15) is 0 Å². The van der Waals surface area contributed by atoms with Gasteiger partial charge in [-0.1, -0.05) is 18.2 Å². The van der Waals surface area contributed by atoms with E-state index < -0.39 is 0 Å². The molecule has 4 rings (SSSR count). The maximum Gasteiger partial charge on any atom is 0.132 e. The minimum absolute atomic E-state index is 0.0586. The summed E-state index contributed by atoms with van der Waals surface area (Å²) in [7, 11) is 3.94. The van der Waals surface area contributed by atoms with Gasteiger partial charge in [0.05, 0.1) is 37.8 Å². The zero-order chi connectivity index (χ0) is 18.6. The summed E-state index contributed by atoms with van der Waals surface area (Å²) in [5, 5.41) is 4.70. The van der Waals surface area contributed by atoms with Crippen molar-refractivity contribution in [3.63, 3.8) is 0 Å². The Labute approximate surface area is 158 Å². The van der Waals surface area contributed by atoms with Crippen LogP contribution in [0.15, 0.2) is 48.9 Å². The highest BCUT2D eigenvalue weighted by Crippen LogP contribution is 2.25. The van der Waals surface area contributed by atoms with E-state index in [-0.39, 0.29) is 6.10 Å². The van der Waals surface area contributed by atoms with E-state index >= 15 is 0 Å².